The molecule has 0 atom stereocenters. The van der Waals surface area contributed by atoms with E-state index < -0.39 is 11.8 Å². The van der Waals surface area contributed by atoms with Gasteiger partial charge in [0, 0.05) is 43.3 Å². The van der Waals surface area contributed by atoms with Gasteiger partial charge in [-0.2, -0.15) is 19.3 Å². The summed E-state index contributed by atoms with van der Waals surface area (Å²) in [6, 6.07) is 9.10. The molecule has 0 amide bonds. The molecule has 12 heteroatoms. The van der Waals surface area contributed by atoms with Crippen molar-refractivity contribution in [3.63, 3.8) is 0 Å². The number of benzene rings is 1. The Hall–Kier alpha value is -2.89. The Kier molecular flexibility index (Phi) is 6.56. The van der Waals surface area contributed by atoms with E-state index in [-0.39, 0.29) is 55.5 Å². The largest absolute Gasteiger partial charge is 0.351 e. The lowest BCUT2D eigenvalue weighted by molar-refractivity contribution is -0.0366. The predicted octanol–water partition coefficient (Wildman–Crippen LogP) is 6.04. The van der Waals surface area contributed by atoms with Crippen molar-refractivity contribution in [2.24, 2.45) is 0 Å². The van der Waals surface area contributed by atoms with Crippen molar-refractivity contribution >= 4 is 23.4 Å². The van der Waals surface area contributed by atoms with E-state index in [9.17, 15) is 17.6 Å². The van der Waals surface area contributed by atoms with Crippen molar-refractivity contribution in [3.8, 4) is 22.2 Å². The van der Waals surface area contributed by atoms with Gasteiger partial charge in [0.2, 0.25) is 23.7 Å². The van der Waals surface area contributed by atoms with Gasteiger partial charge in [-0.25, -0.2) is 22.5 Å². The average Bonchev–Trinajstić information content (AvgIpc) is 3.33. The van der Waals surface area contributed by atoms with Crippen LogP contribution in [0.1, 0.15) is 51.4 Å². The third-order valence-corrected chi connectivity index (χ3v) is 7.10. The van der Waals surface area contributed by atoms with Crippen LogP contribution in [0.2, 0.25) is 0 Å². The Morgan fingerprint density at radius 2 is 1.20 bits per heavy atom. The van der Waals surface area contributed by atoms with E-state index in [1.54, 1.807) is 0 Å². The van der Waals surface area contributed by atoms with Crippen molar-refractivity contribution in [1.82, 2.24) is 24.3 Å². The SMILES string of the molecule is FC1(F)CCC(Nc2nc(NC3CCC(F)(F)CC3)nc(-c3nc(-c4ccccc4)ns3)n2)CC1. The highest BCUT2D eigenvalue weighted by Crippen LogP contribution is 2.35. The molecule has 0 saturated heterocycles. The Balaban J connectivity index is 1.39. The third kappa shape index (κ3) is 6.03. The van der Waals surface area contributed by atoms with E-state index in [0.29, 0.717) is 36.5 Å². The molecule has 0 spiro atoms. The van der Waals surface area contributed by atoms with Gasteiger partial charge in [-0.05, 0) is 37.2 Å². The summed E-state index contributed by atoms with van der Waals surface area (Å²) in [5, 5.41) is 6.79. The topological polar surface area (TPSA) is 88.5 Å². The minimum atomic E-state index is -2.64. The molecule has 1 aromatic carbocycles. The van der Waals surface area contributed by atoms with E-state index in [1.165, 1.54) is 0 Å². The summed E-state index contributed by atoms with van der Waals surface area (Å²) in [4.78, 5) is 18.0. The molecule has 2 aliphatic rings. The highest BCUT2D eigenvalue weighted by molar-refractivity contribution is 7.09. The fraction of sp³-hybridized carbons (Fsp3) is 0.522. The van der Waals surface area contributed by atoms with Gasteiger partial charge in [0.05, 0.1) is 0 Å². The maximum absolute atomic E-state index is 13.6. The highest BCUT2D eigenvalue weighted by atomic mass is 32.1. The summed E-state index contributed by atoms with van der Waals surface area (Å²) in [6.45, 7) is 0. The molecule has 2 aliphatic carbocycles. The Labute approximate surface area is 204 Å². The first-order valence-electron chi connectivity index (χ1n) is 11.7. The molecule has 2 heterocycles. The minimum absolute atomic E-state index is 0.194. The lowest BCUT2D eigenvalue weighted by atomic mass is 9.92. The normalized spacial score (nSPS) is 20.5. The lowest BCUT2D eigenvalue weighted by Crippen LogP contribution is -2.33. The average molecular weight is 508 g/mol. The number of anilines is 2. The summed E-state index contributed by atoms with van der Waals surface area (Å²) in [7, 11) is 0. The van der Waals surface area contributed by atoms with Crippen molar-refractivity contribution in [3.05, 3.63) is 30.3 Å². The van der Waals surface area contributed by atoms with Crippen molar-refractivity contribution < 1.29 is 17.6 Å². The van der Waals surface area contributed by atoms with Crippen LogP contribution in [0, 0.1) is 0 Å². The number of hydrogen-bond acceptors (Lipinski definition) is 8. The Bertz CT molecular complexity index is 1090. The van der Waals surface area contributed by atoms with E-state index in [0.717, 1.165) is 17.1 Å². The second-order valence-corrected chi connectivity index (χ2v) is 9.90. The molecule has 2 aromatic heterocycles. The lowest BCUT2D eigenvalue weighted by Gasteiger charge is -2.29. The number of alkyl halides is 4. The van der Waals surface area contributed by atoms with Crippen LogP contribution >= 0.6 is 11.5 Å². The van der Waals surface area contributed by atoms with Crippen LogP contribution in [0.3, 0.4) is 0 Å². The second kappa shape index (κ2) is 9.63. The first-order chi connectivity index (χ1) is 16.7. The van der Waals surface area contributed by atoms with E-state index in [4.69, 9.17) is 0 Å². The van der Waals surface area contributed by atoms with Gasteiger partial charge in [0.1, 0.15) is 0 Å². The predicted molar refractivity (Wildman–Crippen MR) is 126 cm³/mol. The summed E-state index contributed by atoms with van der Waals surface area (Å²) < 4.78 is 58.7. The zero-order chi connectivity index (χ0) is 24.5. The maximum atomic E-state index is 13.6. The zero-order valence-corrected chi connectivity index (χ0v) is 19.7. The third-order valence-electron chi connectivity index (χ3n) is 6.39. The van der Waals surface area contributed by atoms with Gasteiger partial charge < -0.3 is 10.6 Å². The first-order valence-corrected chi connectivity index (χ1v) is 12.5. The first kappa shape index (κ1) is 23.8. The van der Waals surface area contributed by atoms with Gasteiger partial charge in [0.15, 0.2) is 16.7 Å². The summed E-state index contributed by atoms with van der Waals surface area (Å²) in [6.07, 6.45) is 0.414. The van der Waals surface area contributed by atoms with Crippen molar-refractivity contribution in [2.45, 2.75) is 75.3 Å². The quantitative estimate of drug-likeness (QED) is 0.394. The number of rotatable bonds is 6. The number of nitrogens with zero attached hydrogens (tertiary/aromatic N) is 5. The fourth-order valence-corrected chi connectivity index (χ4v) is 4.97. The molecule has 0 radical (unpaired) electrons. The van der Waals surface area contributed by atoms with E-state index in [2.05, 4.69) is 34.9 Å². The van der Waals surface area contributed by atoms with Crippen LogP contribution in [0.5, 0.6) is 0 Å². The number of nitrogens with one attached hydrogen (secondary N) is 2. The van der Waals surface area contributed by atoms with Crippen LogP contribution in [-0.2, 0) is 0 Å². The molecule has 2 saturated carbocycles. The van der Waals surface area contributed by atoms with E-state index in [1.807, 2.05) is 30.3 Å². The van der Waals surface area contributed by atoms with Gasteiger partial charge in [-0.1, -0.05) is 30.3 Å². The van der Waals surface area contributed by atoms with Crippen LogP contribution in [0.4, 0.5) is 29.5 Å². The number of hydrogen-bond donors (Lipinski definition) is 2. The monoisotopic (exact) mass is 507 g/mol. The van der Waals surface area contributed by atoms with Gasteiger partial charge in [0.25, 0.3) is 0 Å². The smallest absolute Gasteiger partial charge is 0.248 e. The molecule has 5 rings (SSSR count). The summed E-state index contributed by atoms with van der Waals surface area (Å²) in [5.41, 5.74) is 0.854. The summed E-state index contributed by atoms with van der Waals surface area (Å²) >= 11 is 1.14. The molecule has 0 unspecified atom stereocenters. The standard InChI is InChI=1S/C23H25F4N7S/c24-22(25)10-6-15(7-11-22)28-20-31-18(19-30-17(34-35-19)14-4-2-1-3-5-14)32-21(33-20)29-16-8-12-23(26,27)13-9-16/h1-5,15-16H,6-13H2,(H2,28,29,31,32,33). The molecular weight excluding hydrogens is 482 g/mol. The molecule has 0 aliphatic heterocycles. The molecular formula is C23H25F4N7S. The van der Waals surface area contributed by atoms with Crippen LogP contribution in [-0.4, -0.2) is 48.2 Å². The van der Waals surface area contributed by atoms with Gasteiger partial charge >= 0.3 is 0 Å². The van der Waals surface area contributed by atoms with Crippen molar-refractivity contribution in [1.29, 1.82) is 0 Å². The van der Waals surface area contributed by atoms with Crippen LogP contribution in [0.25, 0.3) is 22.2 Å². The number of aromatic nitrogens is 5. The molecule has 35 heavy (non-hydrogen) atoms. The molecule has 0 bridgehead atoms. The molecule has 186 valence electrons. The van der Waals surface area contributed by atoms with Gasteiger partial charge in [-0.3, -0.25) is 0 Å². The van der Waals surface area contributed by atoms with E-state index >= 15 is 0 Å². The number of halogens is 4. The Morgan fingerprint density at radius 1 is 0.686 bits per heavy atom. The Morgan fingerprint density at radius 3 is 1.71 bits per heavy atom. The maximum Gasteiger partial charge on any atom is 0.248 e. The molecule has 7 nitrogen and oxygen atoms in total. The zero-order valence-electron chi connectivity index (χ0n) is 18.9. The van der Waals surface area contributed by atoms with Gasteiger partial charge in [-0.15, -0.1) is 0 Å². The fourth-order valence-electron chi connectivity index (χ4n) is 4.35. The highest BCUT2D eigenvalue weighted by Gasteiger charge is 2.36. The minimum Gasteiger partial charge on any atom is -0.351 e. The molecule has 2 N–H and O–H groups in total. The summed E-state index contributed by atoms with van der Waals surface area (Å²) in [5.74, 6) is -3.97. The molecule has 2 fully saturated rings. The van der Waals surface area contributed by atoms with Crippen LogP contribution < -0.4 is 10.6 Å². The second-order valence-electron chi connectivity index (χ2n) is 9.14. The molecule has 3 aromatic rings. The van der Waals surface area contributed by atoms with Crippen molar-refractivity contribution in [2.75, 3.05) is 10.6 Å². The van der Waals surface area contributed by atoms with Crippen LogP contribution in [0.15, 0.2) is 30.3 Å².